The minimum absolute atomic E-state index is 0.179. The molecule has 0 aliphatic carbocycles. The summed E-state index contributed by atoms with van der Waals surface area (Å²) >= 11 is 7.56. The fourth-order valence-corrected chi connectivity index (χ4v) is 3.37. The Morgan fingerprint density at radius 1 is 1.35 bits per heavy atom. The first-order valence-corrected chi connectivity index (χ1v) is 8.06. The van der Waals surface area contributed by atoms with Crippen LogP contribution in [0.3, 0.4) is 0 Å². The van der Waals surface area contributed by atoms with Gasteiger partial charge >= 0.3 is 5.69 Å². The fraction of sp³-hybridized carbons (Fsp3) is 0.214. The fourth-order valence-electron chi connectivity index (χ4n) is 2.44. The summed E-state index contributed by atoms with van der Waals surface area (Å²) < 4.78 is 13.4. The van der Waals surface area contributed by atoms with Gasteiger partial charge in [0.1, 0.15) is 10.8 Å². The minimum Gasteiger partial charge on any atom is -0.467 e. The van der Waals surface area contributed by atoms with E-state index >= 15 is 0 Å². The van der Waals surface area contributed by atoms with Gasteiger partial charge in [0, 0.05) is 16.1 Å². The molecule has 3 heterocycles. The molecule has 0 spiro atoms. The second-order valence-corrected chi connectivity index (χ2v) is 6.31. The van der Waals surface area contributed by atoms with E-state index in [1.54, 1.807) is 12.1 Å². The molecule has 1 aromatic carbocycles. The van der Waals surface area contributed by atoms with Gasteiger partial charge in [-0.15, -0.1) is 11.3 Å². The summed E-state index contributed by atoms with van der Waals surface area (Å²) in [6.45, 7) is 0.838. The Morgan fingerprint density at radius 2 is 2.26 bits per heavy atom. The van der Waals surface area contributed by atoms with E-state index in [-0.39, 0.29) is 19.0 Å². The SMILES string of the molecule is O=c1n(Cc2cc(Cl)cc3c2OCOC3)nnn1-c1cccs1. The van der Waals surface area contributed by atoms with Gasteiger partial charge in [0.15, 0.2) is 6.79 Å². The Labute approximate surface area is 139 Å². The van der Waals surface area contributed by atoms with Crippen molar-refractivity contribution < 1.29 is 9.47 Å². The van der Waals surface area contributed by atoms with Crippen molar-refractivity contribution in [2.24, 2.45) is 0 Å². The Hall–Kier alpha value is -2.16. The quantitative estimate of drug-likeness (QED) is 0.723. The molecule has 0 bridgehead atoms. The maximum Gasteiger partial charge on any atom is 0.369 e. The maximum absolute atomic E-state index is 12.4. The molecule has 1 aliphatic heterocycles. The van der Waals surface area contributed by atoms with Gasteiger partial charge in [-0.3, -0.25) is 0 Å². The highest BCUT2D eigenvalue weighted by Crippen LogP contribution is 2.31. The zero-order valence-electron chi connectivity index (χ0n) is 11.8. The van der Waals surface area contributed by atoms with E-state index < -0.39 is 0 Å². The van der Waals surface area contributed by atoms with Crippen LogP contribution in [0.25, 0.3) is 5.00 Å². The van der Waals surface area contributed by atoms with E-state index in [9.17, 15) is 4.79 Å². The molecule has 0 radical (unpaired) electrons. The van der Waals surface area contributed by atoms with Crippen LogP contribution in [0.1, 0.15) is 11.1 Å². The predicted octanol–water partition coefficient (Wildman–Crippen LogP) is 2.06. The molecule has 4 rings (SSSR count). The molecule has 3 aromatic rings. The number of rotatable bonds is 3. The molecule has 1 aliphatic rings. The largest absolute Gasteiger partial charge is 0.467 e. The van der Waals surface area contributed by atoms with Crippen molar-refractivity contribution in [3.05, 3.63) is 56.3 Å². The minimum atomic E-state index is -0.312. The molecule has 2 aromatic heterocycles. The number of tetrazole rings is 1. The predicted molar refractivity (Wildman–Crippen MR) is 84.3 cm³/mol. The first kappa shape index (κ1) is 14.4. The zero-order valence-corrected chi connectivity index (χ0v) is 13.4. The van der Waals surface area contributed by atoms with E-state index in [1.807, 2.05) is 17.5 Å². The first-order valence-electron chi connectivity index (χ1n) is 6.81. The molecular weight excluding hydrogens is 340 g/mol. The molecule has 0 N–H and O–H groups in total. The standard InChI is InChI=1S/C14H11ClN4O3S/c15-11-4-9(13-10(5-11)7-21-8-22-13)6-18-14(20)19(17-16-18)12-2-1-3-23-12/h1-5H,6-8H2. The number of fused-ring (bicyclic) bond motifs is 1. The molecule has 0 atom stereocenters. The summed E-state index contributed by atoms with van der Waals surface area (Å²) in [6.07, 6.45) is 0. The molecular formula is C14H11ClN4O3S. The third-order valence-corrected chi connectivity index (χ3v) is 4.49. The zero-order chi connectivity index (χ0) is 15.8. The monoisotopic (exact) mass is 350 g/mol. The van der Waals surface area contributed by atoms with Crippen LogP contribution in [0.4, 0.5) is 0 Å². The average Bonchev–Trinajstić information content (AvgIpc) is 3.18. The van der Waals surface area contributed by atoms with Gasteiger partial charge in [-0.1, -0.05) is 11.6 Å². The molecule has 23 heavy (non-hydrogen) atoms. The number of thiophene rings is 1. The number of nitrogens with zero attached hydrogens (tertiary/aromatic N) is 4. The summed E-state index contributed by atoms with van der Waals surface area (Å²) in [5.74, 6) is 0.693. The third-order valence-electron chi connectivity index (χ3n) is 3.43. The number of hydrogen-bond acceptors (Lipinski definition) is 6. The highest BCUT2D eigenvalue weighted by atomic mass is 35.5. The molecule has 118 valence electrons. The summed E-state index contributed by atoms with van der Waals surface area (Å²) in [4.78, 5) is 12.4. The van der Waals surface area contributed by atoms with Crippen molar-refractivity contribution in [3.8, 4) is 10.8 Å². The molecule has 0 amide bonds. The van der Waals surface area contributed by atoms with Gasteiger partial charge in [-0.05, 0) is 40.1 Å². The second-order valence-electron chi connectivity index (χ2n) is 4.95. The van der Waals surface area contributed by atoms with Crippen LogP contribution in [0.5, 0.6) is 5.75 Å². The summed E-state index contributed by atoms with van der Waals surface area (Å²) in [6, 6.07) is 7.23. The van der Waals surface area contributed by atoms with Crippen LogP contribution in [0.15, 0.2) is 34.4 Å². The van der Waals surface area contributed by atoms with Crippen molar-refractivity contribution in [2.75, 3.05) is 6.79 Å². The normalized spacial score (nSPS) is 13.6. The second kappa shape index (κ2) is 5.80. The molecule has 0 saturated heterocycles. The van der Waals surface area contributed by atoms with Gasteiger partial charge in [-0.2, -0.15) is 9.36 Å². The average molecular weight is 351 g/mol. The van der Waals surface area contributed by atoms with E-state index in [2.05, 4.69) is 10.4 Å². The molecule has 0 saturated carbocycles. The van der Waals surface area contributed by atoms with Crippen molar-refractivity contribution in [3.63, 3.8) is 0 Å². The lowest BCUT2D eigenvalue weighted by atomic mass is 10.1. The number of benzene rings is 1. The summed E-state index contributed by atoms with van der Waals surface area (Å²) in [5, 5.41) is 11.0. The van der Waals surface area contributed by atoms with Crippen LogP contribution in [-0.4, -0.2) is 26.6 Å². The van der Waals surface area contributed by atoms with Crippen molar-refractivity contribution >= 4 is 22.9 Å². The first-order chi connectivity index (χ1) is 11.2. The van der Waals surface area contributed by atoms with Crippen LogP contribution >= 0.6 is 22.9 Å². The topological polar surface area (TPSA) is 71.2 Å². The number of ether oxygens (including phenoxy) is 2. The highest BCUT2D eigenvalue weighted by Gasteiger charge is 2.18. The number of aromatic nitrogens is 4. The highest BCUT2D eigenvalue weighted by molar-refractivity contribution is 7.12. The lowest BCUT2D eigenvalue weighted by Gasteiger charge is -2.20. The van der Waals surface area contributed by atoms with Crippen LogP contribution in [0.2, 0.25) is 5.02 Å². The molecule has 7 nitrogen and oxygen atoms in total. The summed E-state index contributed by atoms with van der Waals surface area (Å²) in [7, 11) is 0. The van der Waals surface area contributed by atoms with Crippen molar-refractivity contribution in [1.82, 2.24) is 19.8 Å². The Kier molecular flexibility index (Phi) is 3.64. The van der Waals surface area contributed by atoms with Gasteiger partial charge in [0.25, 0.3) is 0 Å². The van der Waals surface area contributed by atoms with Crippen LogP contribution in [0, 0.1) is 0 Å². The van der Waals surface area contributed by atoms with E-state index in [1.165, 1.54) is 20.7 Å². The van der Waals surface area contributed by atoms with Crippen LogP contribution < -0.4 is 10.4 Å². The smallest absolute Gasteiger partial charge is 0.369 e. The van der Waals surface area contributed by atoms with E-state index in [0.29, 0.717) is 17.4 Å². The van der Waals surface area contributed by atoms with E-state index in [0.717, 1.165) is 16.1 Å². The van der Waals surface area contributed by atoms with Crippen molar-refractivity contribution in [1.29, 1.82) is 0 Å². The number of hydrogen-bond donors (Lipinski definition) is 0. The maximum atomic E-state index is 12.4. The molecule has 9 heteroatoms. The third kappa shape index (κ3) is 2.65. The van der Waals surface area contributed by atoms with Gasteiger partial charge < -0.3 is 9.47 Å². The number of halogens is 1. The summed E-state index contributed by atoms with van der Waals surface area (Å²) in [5.41, 5.74) is 1.32. The van der Waals surface area contributed by atoms with Gasteiger partial charge in [0.2, 0.25) is 0 Å². The van der Waals surface area contributed by atoms with Gasteiger partial charge in [-0.25, -0.2) is 4.79 Å². The van der Waals surface area contributed by atoms with E-state index in [4.69, 9.17) is 21.1 Å². The Bertz CT molecular complexity index is 903. The lowest BCUT2D eigenvalue weighted by molar-refractivity contribution is -0.0171. The Balaban J connectivity index is 1.72. The molecule has 0 unspecified atom stereocenters. The Morgan fingerprint density at radius 3 is 3.09 bits per heavy atom. The lowest BCUT2D eigenvalue weighted by Crippen LogP contribution is -2.25. The van der Waals surface area contributed by atoms with Crippen LogP contribution in [-0.2, 0) is 17.9 Å². The molecule has 0 fully saturated rings. The van der Waals surface area contributed by atoms with Crippen molar-refractivity contribution in [2.45, 2.75) is 13.2 Å². The van der Waals surface area contributed by atoms with Gasteiger partial charge in [0.05, 0.1) is 13.2 Å².